The molecular weight excluding hydrogens is 430 g/mol. The van der Waals surface area contributed by atoms with Crippen molar-refractivity contribution < 1.29 is 14.3 Å². The third kappa shape index (κ3) is 4.36. The lowest BCUT2D eigenvalue weighted by atomic mass is 9.78. The summed E-state index contributed by atoms with van der Waals surface area (Å²) in [7, 11) is 1.71. The van der Waals surface area contributed by atoms with E-state index in [0.29, 0.717) is 31.3 Å². The Morgan fingerprint density at radius 2 is 2.19 bits per heavy atom. The molecule has 2 fully saturated rings. The Morgan fingerprint density at radius 1 is 1.34 bits per heavy atom. The molecule has 8 nitrogen and oxygen atoms in total. The van der Waals surface area contributed by atoms with Crippen LogP contribution < -0.4 is 10.1 Å². The fourth-order valence-electron chi connectivity index (χ4n) is 5.36. The minimum atomic E-state index is -0.372. The Bertz CT molecular complexity index is 921. The van der Waals surface area contributed by atoms with Gasteiger partial charge in [0, 0.05) is 25.2 Å². The SMILES string of the molecule is COc1cccc2c1C1(CCN(C(=O)c3cn(CC4CCCNC4)nn3)CC1)OCC2.Cl. The molecule has 2 saturated heterocycles. The highest BCUT2D eigenvalue weighted by molar-refractivity contribution is 5.92. The molecule has 3 aliphatic heterocycles. The van der Waals surface area contributed by atoms with Gasteiger partial charge in [0.05, 0.1) is 19.9 Å². The van der Waals surface area contributed by atoms with Crippen LogP contribution in [0.3, 0.4) is 0 Å². The zero-order chi connectivity index (χ0) is 21.3. The summed E-state index contributed by atoms with van der Waals surface area (Å²) < 4.78 is 13.8. The van der Waals surface area contributed by atoms with Gasteiger partial charge < -0.3 is 19.7 Å². The molecule has 0 saturated carbocycles. The lowest BCUT2D eigenvalue weighted by Crippen LogP contribution is -2.48. The molecule has 3 aliphatic rings. The molecule has 1 spiro atoms. The number of amides is 1. The smallest absolute Gasteiger partial charge is 0.276 e. The number of benzene rings is 1. The number of nitrogens with zero attached hydrogens (tertiary/aromatic N) is 4. The Balaban J connectivity index is 0.00000245. The normalized spacial score (nSPS) is 22.2. The van der Waals surface area contributed by atoms with E-state index < -0.39 is 0 Å². The molecule has 1 aromatic carbocycles. The molecule has 0 radical (unpaired) electrons. The van der Waals surface area contributed by atoms with E-state index >= 15 is 0 Å². The van der Waals surface area contributed by atoms with Crippen LogP contribution in [-0.2, 0) is 23.3 Å². The summed E-state index contributed by atoms with van der Waals surface area (Å²) in [6.45, 7) is 4.88. The van der Waals surface area contributed by atoms with Gasteiger partial charge in [-0.2, -0.15) is 0 Å². The second-order valence-corrected chi connectivity index (χ2v) is 8.92. The number of carbonyl (C=O) groups excluding carboxylic acids is 1. The molecule has 2 aromatic rings. The lowest BCUT2D eigenvalue weighted by molar-refractivity contribution is -0.0947. The summed E-state index contributed by atoms with van der Waals surface area (Å²) in [5.41, 5.74) is 2.53. The van der Waals surface area contributed by atoms with Crippen molar-refractivity contribution in [1.29, 1.82) is 0 Å². The predicted octanol–water partition coefficient (Wildman–Crippen LogP) is 2.41. The first-order valence-electron chi connectivity index (χ1n) is 11.4. The Morgan fingerprint density at radius 3 is 2.94 bits per heavy atom. The van der Waals surface area contributed by atoms with Crippen molar-refractivity contribution in [2.24, 2.45) is 5.92 Å². The van der Waals surface area contributed by atoms with Gasteiger partial charge in [-0.3, -0.25) is 9.48 Å². The van der Waals surface area contributed by atoms with Crippen molar-refractivity contribution in [1.82, 2.24) is 25.2 Å². The number of hydrogen-bond acceptors (Lipinski definition) is 6. The Hall–Kier alpha value is -2.16. The number of halogens is 1. The van der Waals surface area contributed by atoms with Crippen LogP contribution in [-0.4, -0.2) is 65.7 Å². The molecule has 32 heavy (non-hydrogen) atoms. The summed E-state index contributed by atoms with van der Waals surface area (Å²) in [6.07, 6.45) is 6.60. The van der Waals surface area contributed by atoms with Crippen molar-refractivity contribution in [3.63, 3.8) is 0 Å². The van der Waals surface area contributed by atoms with Gasteiger partial charge in [-0.25, -0.2) is 0 Å². The highest BCUT2D eigenvalue weighted by Gasteiger charge is 2.44. The number of ether oxygens (including phenoxy) is 2. The zero-order valence-corrected chi connectivity index (χ0v) is 19.4. The van der Waals surface area contributed by atoms with E-state index in [1.54, 1.807) is 13.3 Å². The fraction of sp³-hybridized carbons (Fsp3) is 0.609. The van der Waals surface area contributed by atoms with Gasteiger partial charge in [-0.1, -0.05) is 17.3 Å². The van der Waals surface area contributed by atoms with Crippen LogP contribution >= 0.6 is 12.4 Å². The van der Waals surface area contributed by atoms with Crippen LogP contribution in [0, 0.1) is 5.92 Å². The topological polar surface area (TPSA) is 81.5 Å². The number of methoxy groups -OCH3 is 1. The van der Waals surface area contributed by atoms with Crippen LogP contribution in [0.5, 0.6) is 5.75 Å². The minimum Gasteiger partial charge on any atom is -0.496 e. The number of nitrogens with one attached hydrogen (secondary N) is 1. The number of piperidine rings is 2. The molecule has 1 unspecified atom stereocenters. The van der Waals surface area contributed by atoms with Crippen LogP contribution in [0.4, 0.5) is 0 Å². The highest BCUT2D eigenvalue weighted by atomic mass is 35.5. The maximum Gasteiger partial charge on any atom is 0.276 e. The molecule has 0 bridgehead atoms. The first kappa shape index (κ1) is 23.0. The maximum atomic E-state index is 13.1. The second-order valence-electron chi connectivity index (χ2n) is 8.92. The highest BCUT2D eigenvalue weighted by Crippen LogP contribution is 2.45. The van der Waals surface area contributed by atoms with E-state index in [9.17, 15) is 4.79 Å². The van der Waals surface area contributed by atoms with Crippen LogP contribution in [0.1, 0.15) is 47.3 Å². The van der Waals surface area contributed by atoms with Gasteiger partial charge in [0.1, 0.15) is 11.4 Å². The van der Waals surface area contributed by atoms with Crippen molar-refractivity contribution in [3.05, 3.63) is 41.2 Å². The van der Waals surface area contributed by atoms with E-state index in [-0.39, 0.29) is 23.9 Å². The van der Waals surface area contributed by atoms with E-state index in [1.807, 2.05) is 21.7 Å². The molecule has 1 atom stereocenters. The van der Waals surface area contributed by atoms with E-state index in [4.69, 9.17) is 9.47 Å². The van der Waals surface area contributed by atoms with Gasteiger partial charge in [-0.05, 0) is 62.7 Å². The third-order valence-electron chi connectivity index (χ3n) is 7.00. The van der Waals surface area contributed by atoms with Crippen LogP contribution in [0.25, 0.3) is 0 Å². The first-order chi connectivity index (χ1) is 15.2. The summed E-state index contributed by atoms with van der Waals surface area (Å²) in [5, 5.41) is 11.8. The molecule has 1 amide bonds. The quantitative estimate of drug-likeness (QED) is 0.753. The molecule has 1 aromatic heterocycles. The van der Waals surface area contributed by atoms with Crippen molar-refractivity contribution >= 4 is 18.3 Å². The predicted molar refractivity (Wildman–Crippen MR) is 122 cm³/mol. The number of aromatic nitrogens is 3. The Kier molecular flexibility index (Phi) is 7.02. The second kappa shape index (κ2) is 9.77. The average molecular weight is 462 g/mol. The molecule has 1 N–H and O–H groups in total. The van der Waals surface area contributed by atoms with Crippen molar-refractivity contribution in [3.8, 4) is 5.75 Å². The number of fused-ring (bicyclic) bond motifs is 2. The molecule has 0 aliphatic carbocycles. The van der Waals surface area contributed by atoms with Gasteiger partial charge in [-0.15, -0.1) is 17.5 Å². The summed E-state index contributed by atoms with van der Waals surface area (Å²) in [4.78, 5) is 15.0. The van der Waals surface area contributed by atoms with Gasteiger partial charge in [0.15, 0.2) is 5.69 Å². The van der Waals surface area contributed by atoms with E-state index in [2.05, 4.69) is 21.7 Å². The van der Waals surface area contributed by atoms with E-state index in [0.717, 1.165) is 44.6 Å². The fourth-order valence-corrected chi connectivity index (χ4v) is 5.36. The standard InChI is InChI=1S/C23H31N5O3.ClH/c1-30-20-6-2-5-18-7-13-31-23(21(18)20)8-11-27(12-9-23)22(29)19-16-28(26-25-19)15-17-4-3-10-24-14-17;/h2,5-6,16-17,24H,3-4,7-15H2,1H3;1H. The summed E-state index contributed by atoms with van der Waals surface area (Å²) >= 11 is 0. The molecule has 4 heterocycles. The summed E-state index contributed by atoms with van der Waals surface area (Å²) in [5.74, 6) is 1.39. The van der Waals surface area contributed by atoms with Gasteiger partial charge in [0.2, 0.25) is 0 Å². The molecule has 174 valence electrons. The molecular formula is C23H32ClN5O3. The molecule has 5 rings (SSSR count). The average Bonchev–Trinajstić information content (AvgIpc) is 3.28. The monoisotopic (exact) mass is 461 g/mol. The largest absolute Gasteiger partial charge is 0.496 e. The lowest BCUT2D eigenvalue weighted by Gasteiger charge is -2.45. The van der Waals surface area contributed by atoms with Gasteiger partial charge in [0.25, 0.3) is 5.91 Å². The number of carbonyl (C=O) groups is 1. The van der Waals surface area contributed by atoms with Crippen molar-refractivity contribution in [2.75, 3.05) is 39.9 Å². The number of rotatable bonds is 4. The third-order valence-corrected chi connectivity index (χ3v) is 7.00. The van der Waals surface area contributed by atoms with E-state index in [1.165, 1.54) is 24.0 Å². The van der Waals surface area contributed by atoms with Gasteiger partial charge >= 0.3 is 0 Å². The summed E-state index contributed by atoms with van der Waals surface area (Å²) in [6, 6.07) is 6.22. The number of hydrogen-bond donors (Lipinski definition) is 1. The zero-order valence-electron chi connectivity index (χ0n) is 18.6. The minimum absolute atomic E-state index is 0. The van der Waals surface area contributed by atoms with Crippen molar-refractivity contribution in [2.45, 2.75) is 44.2 Å². The van der Waals surface area contributed by atoms with Crippen LogP contribution in [0.15, 0.2) is 24.4 Å². The first-order valence-corrected chi connectivity index (χ1v) is 11.4. The number of likely N-dealkylation sites (tertiary alicyclic amines) is 1. The maximum absolute atomic E-state index is 13.1. The Labute approximate surface area is 195 Å². The van der Waals surface area contributed by atoms with Crippen LogP contribution in [0.2, 0.25) is 0 Å². The molecule has 9 heteroatoms.